The minimum Gasteiger partial charge on any atom is -0.384 e. The number of carbonyl (C=O) groups is 1. The normalized spacial score (nSPS) is 19.2. The van der Waals surface area contributed by atoms with Gasteiger partial charge < -0.3 is 10.1 Å². The number of nitrogens with one attached hydrogen (secondary N) is 1. The molecule has 1 atom stereocenters. The van der Waals surface area contributed by atoms with Crippen molar-refractivity contribution in [2.45, 2.75) is 56.2 Å². The number of halogens is 1. The van der Waals surface area contributed by atoms with E-state index in [-0.39, 0.29) is 5.91 Å². The summed E-state index contributed by atoms with van der Waals surface area (Å²) < 4.78 is 5.04. The van der Waals surface area contributed by atoms with Crippen molar-refractivity contribution in [2.24, 2.45) is 5.92 Å². The van der Waals surface area contributed by atoms with Crippen LogP contribution in [-0.2, 0) is 9.53 Å². The van der Waals surface area contributed by atoms with Gasteiger partial charge in [0.15, 0.2) is 0 Å². The lowest BCUT2D eigenvalue weighted by Gasteiger charge is -2.14. The molecule has 1 N–H and O–H groups in total. The molecule has 3 nitrogen and oxygen atoms in total. The Morgan fingerprint density at radius 3 is 2.61 bits per heavy atom. The molecule has 18 heavy (non-hydrogen) atoms. The number of methoxy groups -OCH3 is 1. The minimum atomic E-state index is 0.221. The molecular formula is C14H26BrNO2. The highest BCUT2D eigenvalue weighted by Crippen LogP contribution is 2.25. The van der Waals surface area contributed by atoms with Crippen LogP contribution in [0.4, 0.5) is 0 Å². The van der Waals surface area contributed by atoms with Crippen molar-refractivity contribution in [1.29, 1.82) is 0 Å². The standard InChI is InChI=1S/C14H26BrNO2/c1-18-11-13(15)8-9-16-14(17)10-12-6-4-2-3-5-7-12/h12-13H,2-11H2,1H3,(H,16,17). The first-order valence-corrected chi connectivity index (χ1v) is 8.03. The highest BCUT2D eigenvalue weighted by Gasteiger charge is 2.15. The molecule has 0 aromatic carbocycles. The smallest absolute Gasteiger partial charge is 0.220 e. The monoisotopic (exact) mass is 319 g/mol. The highest BCUT2D eigenvalue weighted by atomic mass is 79.9. The first-order valence-electron chi connectivity index (χ1n) is 7.12. The Labute approximate surface area is 119 Å². The summed E-state index contributed by atoms with van der Waals surface area (Å²) in [5.74, 6) is 0.838. The summed E-state index contributed by atoms with van der Waals surface area (Å²) in [6, 6.07) is 0. The predicted octanol–water partition coefficient (Wildman–Crippen LogP) is 3.26. The van der Waals surface area contributed by atoms with Gasteiger partial charge in [0.25, 0.3) is 0 Å². The van der Waals surface area contributed by atoms with E-state index in [2.05, 4.69) is 21.2 Å². The van der Waals surface area contributed by atoms with Crippen LogP contribution in [0.25, 0.3) is 0 Å². The molecule has 1 unspecified atom stereocenters. The van der Waals surface area contributed by atoms with Gasteiger partial charge in [-0.3, -0.25) is 4.79 Å². The average molecular weight is 320 g/mol. The molecule has 0 saturated heterocycles. The molecule has 0 heterocycles. The maximum Gasteiger partial charge on any atom is 0.220 e. The van der Waals surface area contributed by atoms with Crippen molar-refractivity contribution in [3.8, 4) is 0 Å². The van der Waals surface area contributed by atoms with Gasteiger partial charge in [0.05, 0.1) is 6.61 Å². The number of amides is 1. The summed E-state index contributed by atoms with van der Waals surface area (Å²) in [7, 11) is 1.69. The van der Waals surface area contributed by atoms with Crippen LogP contribution in [0.1, 0.15) is 51.4 Å². The zero-order chi connectivity index (χ0) is 13.2. The van der Waals surface area contributed by atoms with Crippen LogP contribution in [0.3, 0.4) is 0 Å². The molecule has 4 heteroatoms. The molecule has 1 amide bonds. The molecule has 0 aromatic rings. The van der Waals surface area contributed by atoms with Crippen LogP contribution in [0, 0.1) is 5.92 Å². The molecule has 0 bridgehead atoms. The van der Waals surface area contributed by atoms with E-state index < -0.39 is 0 Å². The number of alkyl halides is 1. The molecule has 106 valence electrons. The summed E-state index contributed by atoms with van der Waals surface area (Å²) >= 11 is 3.52. The van der Waals surface area contributed by atoms with Crippen LogP contribution in [-0.4, -0.2) is 31.0 Å². The Morgan fingerprint density at radius 2 is 2.00 bits per heavy atom. The maximum absolute atomic E-state index is 11.8. The van der Waals surface area contributed by atoms with Gasteiger partial charge in [0.2, 0.25) is 5.91 Å². The van der Waals surface area contributed by atoms with E-state index >= 15 is 0 Å². The Bertz CT molecular complexity index is 228. The van der Waals surface area contributed by atoms with Gasteiger partial charge in [-0.05, 0) is 25.2 Å². The maximum atomic E-state index is 11.8. The number of rotatable bonds is 7. The summed E-state index contributed by atoms with van der Waals surface area (Å²) in [4.78, 5) is 12.1. The van der Waals surface area contributed by atoms with E-state index in [1.165, 1.54) is 38.5 Å². The molecule has 1 fully saturated rings. The van der Waals surface area contributed by atoms with Gasteiger partial charge in [-0.1, -0.05) is 41.6 Å². The Hall–Kier alpha value is -0.0900. The van der Waals surface area contributed by atoms with Crippen molar-refractivity contribution >= 4 is 21.8 Å². The van der Waals surface area contributed by atoms with Crippen LogP contribution >= 0.6 is 15.9 Å². The van der Waals surface area contributed by atoms with E-state index in [1.807, 2.05) is 0 Å². The van der Waals surface area contributed by atoms with Crippen molar-refractivity contribution < 1.29 is 9.53 Å². The second-order valence-corrected chi connectivity index (χ2v) is 6.55. The topological polar surface area (TPSA) is 38.3 Å². The molecule has 0 aliphatic heterocycles. The first kappa shape index (κ1) is 16.0. The van der Waals surface area contributed by atoms with Gasteiger partial charge in [0, 0.05) is 24.9 Å². The van der Waals surface area contributed by atoms with Crippen molar-refractivity contribution in [3.05, 3.63) is 0 Å². The molecule has 1 aliphatic rings. The van der Waals surface area contributed by atoms with Crippen molar-refractivity contribution in [2.75, 3.05) is 20.3 Å². The van der Waals surface area contributed by atoms with E-state index in [9.17, 15) is 4.79 Å². The Balaban J connectivity index is 2.09. The van der Waals surface area contributed by atoms with Gasteiger partial charge in [-0.25, -0.2) is 0 Å². The molecule has 1 rings (SSSR count). The predicted molar refractivity (Wildman–Crippen MR) is 78.0 cm³/mol. The van der Waals surface area contributed by atoms with Crippen molar-refractivity contribution in [1.82, 2.24) is 5.32 Å². The zero-order valence-corrected chi connectivity index (χ0v) is 13.0. The molecule has 0 aromatic heterocycles. The SMILES string of the molecule is COCC(Br)CCNC(=O)CC1CCCCCC1. The van der Waals surface area contributed by atoms with E-state index in [0.717, 1.165) is 19.4 Å². The number of hydrogen-bond acceptors (Lipinski definition) is 2. The minimum absolute atomic E-state index is 0.221. The molecule has 1 saturated carbocycles. The third-order valence-corrected chi connectivity index (χ3v) is 4.30. The van der Waals surface area contributed by atoms with Gasteiger partial charge in [-0.15, -0.1) is 0 Å². The van der Waals surface area contributed by atoms with Crippen LogP contribution in [0.15, 0.2) is 0 Å². The van der Waals surface area contributed by atoms with Gasteiger partial charge in [-0.2, -0.15) is 0 Å². The lowest BCUT2D eigenvalue weighted by Crippen LogP contribution is -2.28. The fourth-order valence-electron chi connectivity index (χ4n) is 2.53. The second kappa shape index (κ2) is 9.79. The van der Waals surface area contributed by atoms with Gasteiger partial charge >= 0.3 is 0 Å². The summed E-state index contributed by atoms with van der Waals surface area (Å²) in [5.41, 5.74) is 0. The molecule has 1 aliphatic carbocycles. The average Bonchev–Trinajstić information content (AvgIpc) is 2.58. The van der Waals surface area contributed by atoms with Gasteiger partial charge in [0.1, 0.15) is 0 Å². The van der Waals surface area contributed by atoms with Crippen molar-refractivity contribution in [3.63, 3.8) is 0 Å². The Kier molecular flexibility index (Phi) is 8.68. The summed E-state index contributed by atoms with van der Waals surface area (Å²) in [6.45, 7) is 1.43. The largest absolute Gasteiger partial charge is 0.384 e. The number of hydrogen-bond donors (Lipinski definition) is 1. The molecular weight excluding hydrogens is 294 g/mol. The number of carbonyl (C=O) groups excluding carboxylic acids is 1. The van der Waals surface area contributed by atoms with E-state index in [0.29, 0.717) is 17.4 Å². The van der Waals surface area contributed by atoms with E-state index in [1.54, 1.807) is 7.11 Å². The fourth-order valence-corrected chi connectivity index (χ4v) is 3.03. The quantitative estimate of drug-likeness (QED) is 0.577. The second-order valence-electron chi connectivity index (χ2n) is 5.25. The lowest BCUT2D eigenvalue weighted by molar-refractivity contribution is -0.122. The van der Waals surface area contributed by atoms with Crippen LogP contribution in [0.2, 0.25) is 0 Å². The summed E-state index contributed by atoms with van der Waals surface area (Å²) in [5, 5.41) is 3.02. The van der Waals surface area contributed by atoms with E-state index in [4.69, 9.17) is 4.74 Å². The third-order valence-electron chi connectivity index (χ3n) is 3.58. The third kappa shape index (κ3) is 7.37. The van der Waals surface area contributed by atoms with Crippen LogP contribution < -0.4 is 5.32 Å². The molecule has 0 spiro atoms. The lowest BCUT2D eigenvalue weighted by atomic mass is 9.96. The first-order chi connectivity index (χ1) is 8.72. The summed E-state index contributed by atoms with van der Waals surface area (Å²) in [6.07, 6.45) is 9.41. The van der Waals surface area contributed by atoms with Crippen LogP contribution in [0.5, 0.6) is 0 Å². The highest BCUT2D eigenvalue weighted by molar-refractivity contribution is 9.09. The fraction of sp³-hybridized carbons (Fsp3) is 0.929. The number of ether oxygens (including phenoxy) is 1. The Morgan fingerprint density at radius 1 is 1.33 bits per heavy atom. The zero-order valence-electron chi connectivity index (χ0n) is 11.4. The molecule has 0 radical (unpaired) electrons.